The number of furan rings is 1. The molecule has 0 N–H and O–H groups in total. The van der Waals surface area contributed by atoms with Gasteiger partial charge in [-0.1, -0.05) is 0 Å². The number of nitrogens with zero attached hydrogens (tertiary/aromatic N) is 1. The van der Waals surface area contributed by atoms with Gasteiger partial charge in [-0.2, -0.15) is 13.2 Å². The molecule has 0 bridgehead atoms. The van der Waals surface area contributed by atoms with Crippen LogP contribution >= 0.6 is 0 Å². The topological polar surface area (TPSA) is 109 Å². The molecule has 0 aliphatic carbocycles. The van der Waals surface area contributed by atoms with Gasteiger partial charge < -0.3 is 13.9 Å². The van der Waals surface area contributed by atoms with Gasteiger partial charge in [-0.3, -0.25) is 10.1 Å². The van der Waals surface area contributed by atoms with E-state index in [1.807, 2.05) is 0 Å². The smallest absolute Gasteiger partial charge is 0.416 e. The molecule has 1 aliphatic heterocycles. The third-order valence-corrected chi connectivity index (χ3v) is 3.82. The highest BCUT2D eigenvalue weighted by atomic mass is 19.4. The second-order valence-corrected chi connectivity index (χ2v) is 6.43. The molecule has 29 heavy (non-hydrogen) atoms. The Kier molecular flexibility index (Phi) is 4.69. The van der Waals surface area contributed by atoms with Gasteiger partial charge in [0.15, 0.2) is 0 Å². The van der Waals surface area contributed by atoms with Crippen molar-refractivity contribution in [2.24, 2.45) is 0 Å². The van der Waals surface area contributed by atoms with Crippen LogP contribution in [0.5, 0.6) is 0 Å². The first kappa shape index (κ1) is 20.1. The van der Waals surface area contributed by atoms with Crippen molar-refractivity contribution in [3.8, 4) is 11.3 Å². The number of hydrogen-bond acceptors (Lipinski definition) is 7. The van der Waals surface area contributed by atoms with Crippen molar-refractivity contribution in [3.63, 3.8) is 0 Å². The summed E-state index contributed by atoms with van der Waals surface area (Å²) in [6, 6.07) is 4.52. The summed E-state index contributed by atoms with van der Waals surface area (Å²) in [5, 5.41) is 11.2. The van der Waals surface area contributed by atoms with E-state index >= 15 is 0 Å². The molecule has 2 heterocycles. The Hall–Kier alpha value is -3.63. The molecule has 11 heteroatoms. The Labute approximate surface area is 160 Å². The summed E-state index contributed by atoms with van der Waals surface area (Å²) in [5.74, 6) is -3.52. The molecule has 1 aromatic carbocycles. The van der Waals surface area contributed by atoms with Gasteiger partial charge in [0.25, 0.3) is 11.5 Å². The lowest BCUT2D eigenvalue weighted by atomic mass is 10.1. The third kappa shape index (κ3) is 4.13. The predicted octanol–water partition coefficient (Wildman–Crippen LogP) is 4.09. The minimum atomic E-state index is -4.75. The molecule has 1 aromatic heterocycles. The highest BCUT2D eigenvalue weighted by Crippen LogP contribution is 2.37. The van der Waals surface area contributed by atoms with Gasteiger partial charge in [-0.25, -0.2) is 9.59 Å². The molecule has 3 rings (SSSR count). The van der Waals surface area contributed by atoms with Gasteiger partial charge in [-0.15, -0.1) is 0 Å². The summed E-state index contributed by atoms with van der Waals surface area (Å²) in [6.45, 7) is 2.74. The molecule has 2 aromatic rings. The second-order valence-electron chi connectivity index (χ2n) is 6.43. The number of cyclic esters (lactones) is 2. The number of esters is 2. The number of carbonyl (C=O) groups is 2. The lowest BCUT2D eigenvalue weighted by Crippen LogP contribution is -2.41. The molecule has 1 saturated heterocycles. The molecule has 152 valence electrons. The molecule has 0 radical (unpaired) electrons. The van der Waals surface area contributed by atoms with E-state index in [9.17, 15) is 32.9 Å². The quantitative estimate of drug-likeness (QED) is 0.246. The first-order valence-electron chi connectivity index (χ1n) is 8.01. The number of nitro benzene ring substituents is 1. The van der Waals surface area contributed by atoms with Crippen LogP contribution in [0.25, 0.3) is 17.4 Å². The largest absolute Gasteiger partial charge is 0.456 e. The Morgan fingerprint density at radius 3 is 2.24 bits per heavy atom. The van der Waals surface area contributed by atoms with Crippen LogP contribution in [0.1, 0.15) is 25.2 Å². The molecule has 0 unspecified atom stereocenters. The Morgan fingerprint density at radius 2 is 1.69 bits per heavy atom. The van der Waals surface area contributed by atoms with Crippen molar-refractivity contribution in [2.45, 2.75) is 25.8 Å². The molecule has 0 saturated carbocycles. The second kappa shape index (κ2) is 6.76. The maximum atomic E-state index is 12.8. The molecule has 0 atom stereocenters. The minimum absolute atomic E-state index is 0.0576. The number of halogens is 3. The zero-order valence-electron chi connectivity index (χ0n) is 14.9. The molecule has 1 fully saturated rings. The van der Waals surface area contributed by atoms with Crippen molar-refractivity contribution in [2.75, 3.05) is 0 Å². The first-order chi connectivity index (χ1) is 13.4. The number of benzene rings is 1. The predicted molar refractivity (Wildman–Crippen MR) is 90.0 cm³/mol. The van der Waals surface area contributed by atoms with Gasteiger partial charge in [-0.05, 0) is 24.3 Å². The van der Waals surface area contributed by atoms with E-state index in [1.54, 1.807) is 0 Å². The average Bonchev–Trinajstić information content (AvgIpc) is 3.04. The van der Waals surface area contributed by atoms with Crippen molar-refractivity contribution in [1.82, 2.24) is 0 Å². The van der Waals surface area contributed by atoms with Gasteiger partial charge in [0, 0.05) is 26.0 Å². The van der Waals surface area contributed by atoms with E-state index in [4.69, 9.17) is 13.9 Å². The van der Waals surface area contributed by atoms with E-state index in [0.29, 0.717) is 12.1 Å². The number of rotatable bonds is 3. The number of hydrogen-bond donors (Lipinski definition) is 0. The summed E-state index contributed by atoms with van der Waals surface area (Å²) < 4.78 is 53.7. The molecular formula is C18H12F3NO7. The Morgan fingerprint density at radius 1 is 1.07 bits per heavy atom. The fourth-order valence-corrected chi connectivity index (χ4v) is 2.56. The van der Waals surface area contributed by atoms with E-state index in [2.05, 4.69) is 0 Å². The fraction of sp³-hybridized carbons (Fsp3) is 0.222. The number of carbonyl (C=O) groups excluding carboxylic acids is 2. The number of ether oxygens (including phenoxy) is 2. The summed E-state index contributed by atoms with van der Waals surface area (Å²) in [7, 11) is 0. The maximum Gasteiger partial charge on any atom is 0.416 e. The van der Waals surface area contributed by atoms with Crippen molar-refractivity contribution >= 4 is 23.7 Å². The van der Waals surface area contributed by atoms with Gasteiger partial charge in [0.05, 0.1) is 16.1 Å². The van der Waals surface area contributed by atoms with E-state index < -0.39 is 45.6 Å². The van der Waals surface area contributed by atoms with Crippen LogP contribution in [0.4, 0.5) is 18.9 Å². The first-order valence-corrected chi connectivity index (χ1v) is 8.01. The third-order valence-electron chi connectivity index (χ3n) is 3.82. The lowest BCUT2D eigenvalue weighted by molar-refractivity contribution is -0.384. The number of nitro groups is 1. The van der Waals surface area contributed by atoms with Crippen LogP contribution in [-0.4, -0.2) is 22.6 Å². The van der Waals surface area contributed by atoms with Gasteiger partial charge >= 0.3 is 18.1 Å². The van der Waals surface area contributed by atoms with Crippen LogP contribution in [0, 0.1) is 10.1 Å². The van der Waals surface area contributed by atoms with Gasteiger partial charge in [0.2, 0.25) is 0 Å². The van der Waals surface area contributed by atoms with Crippen LogP contribution in [0.3, 0.4) is 0 Å². The van der Waals surface area contributed by atoms with Crippen LogP contribution in [-0.2, 0) is 25.2 Å². The molecule has 0 amide bonds. The van der Waals surface area contributed by atoms with Crippen molar-refractivity contribution in [3.05, 3.63) is 57.3 Å². The van der Waals surface area contributed by atoms with E-state index in [-0.39, 0.29) is 17.1 Å². The van der Waals surface area contributed by atoms with Crippen molar-refractivity contribution in [1.29, 1.82) is 0 Å². The summed E-state index contributed by atoms with van der Waals surface area (Å²) in [5.41, 5.74) is -2.67. The highest BCUT2D eigenvalue weighted by molar-refractivity contribution is 6.18. The van der Waals surface area contributed by atoms with E-state index in [0.717, 1.165) is 12.1 Å². The van der Waals surface area contributed by atoms with Gasteiger partial charge in [0.1, 0.15) is 17.1 Å². The molecule has 0 spiro atoms. The molecular weight excluding hydrogens is 399 g/mol. The minimum Gasteiger partial charge on any atom is -0.456 e. The average molecular weight is 411 g/mol. The zero-order chi connectivity index (χ0) is 21.6. The normalized spacial score (nSPS) is 16.2. The molecule has 8 nitrogen and oxygen atoms in total. The Balaban J connectivity index is 1.98. The van der Waals surface area contributed by atoms with Crippen LogP contribution < -0.4 is 0 Å². The number of alkyl halides is 3. The summed E-state index contributed by atoms with van der Waals surface area (Å²) in [4.78, 5) is 34.1. The lowest BCUT2D eigenvalue weighted by Gasteiger charge is -2.29. The standard InChI is InChI=1S/C18H12F3NO7/c1-17(2)28-15(23)12(16(24)29-17)8-10-4-6-14(27-10)11-5-3-9(18(19,20)21)7-13(11)22(25)26/h3-8H,1-2H3. The summed E-state index contributed by atoms with van der Waals surface area (Å²) in [6.07, 6.45) is -3.74. The summed E-state index contributed by atoms with van der Waals surface area (Å²) >= 11 is 0. The van der Waals surface area contributed by atoms with Crippen LogP contribution in [0.2, 0.25) is 0 Å². The van der Waals surface area contributed by atoms with Crippen molar-refractivity contribution < 1.29 is 41.6 Å². The Bertz CT molecular complexity index is 1030. The SMILES string of the molecule is CC1(C)OC(=O)C(=Cc2ccc(-c3ccc(C(F)(F)F)cc3[N+](=O)[O-])o2)C(=O)O1. The highest BCUT2D eigenvalue weighted by Gasteiger charge is 2.39. The zero-order valence-corrected chi connectivity index (χ0v) is 14.9. The van der Waals surface area contributed by atoms with E-state index in [1.165, 1.54) is 26.0 Å². The van der Waals surface area contributed by atoms with Crippen LogP contribution in [0.15, 0.2) is 40.3 Å². The molecule has 1 aliphatic rings. The maximum absolute atomic E-state index is 12.8. The monoisotopic (exact) mass is 411 g/mol. The fourth-order valence-electron chi connectivity index (χ4n) is 2.56.